The van der Waals surface area contributed by atoms with Crippen molar-refractivity contribution in [3.05, 3.63) is 23.9 Å². The molecule has 1 rings (SSSR count). The van der Waals surface area contributed by atoms with Crippen LogP contribution in [0.4, 0.5) is 19.0 Å². The van der Waals surface area contributed by atoms with Gasteiger partial charge in [0.25, 0.3) is 5.91 Å². The standard InChI is InChI=1S/C11H14F3N2O5P/c1-19-10(22(18,20-2)21-3)9(17)16-8-6-7(4-5-15-8)11(12,13)14/h4-6,10H,1-3H3,(H,15,16,17). The molecule has 0 aliphatic heterocycles. The van der Waals surface area contributed by atoms with Gasteiger partial charge in [0, 0.05) is 27.5 Å². The van der Waals surface area contributed by atoms with Crippen LogP contribution < -0.4 is 5.32 Å². The number of hydrogen-bond acceptors (Lipinski definition) is 6. The minimum atomic E-state index is -4.59. The molecule has 0 saturated carbocycles. The highest BCUT2D eigenvalue weighted by atomic mass is 31.2. The fourth-order valence-electron chi connectivity index (χ4n) is 1.51. The molecule has 7 nitrogen and oxygen atoms in total. The lowest BCUT2D eigenvalue weighted by atomic mass is 10.2. The van der Waals surface area contributed by atoms with E-state index in [1.807, 2.05) is 0 Å². The summed E-state index contributed by atoms with van der Waals surface area (Å²) in [7, 11) is -0.740. The molecule has 1 atom stereocenters. The molecular formula is C11H14F3N2O5P. The summed E-state index contributed by atoms with van der Waals surface area (Å²) in [6, 6.07) is 1.38. The van der Waals surface area contributed by atoms with Crippen LogP contribution in [-0.2, 0) is 29.3 Å². The second-order valence-electron chi connectivity index (χ2n) is 3.91. The Bertz CT molecular complexity index is 573. The van der Waals surface area contributed by atoms with E-state index in [1.165, 1.54) is 0 Å². The summed E-state index contributed by atoms with van der Waals surface area (Å²) in [6.07, 6.45) is -3.70. The molecule has 0 radical (unpaired) electrons. The van der Waals surface area contributed by atoms with Gasteiger partial charge < -0.3 is 19.1 Å². The van der Waals surface area contributed by atoms with Gasteiger partial charge in [0.05, 0.1) is 5.56 Å². The van der Waals surface area contributed by atoms with E-state index in [1.54, 1.807) is 0 Å². The van der Waals surface area contributed by atoms with Crippen LogP contribution in [0, 0.1) is 0 Å². The first-order valence-electron chi connectivity index (χ1n) is 5.76. The highest BCUT2D eigenvalue weighted by Crippen LogP contribution is 2.52. The number of aromatic nitrogens is 1. The van der Waals surface area contributed by atoms with Gasteiger partial charge in [0.2, 0.25) is 5.85 Å². The Morgan fingerprint density at radius 1 is 1.32 bits per heavy atom. The van der Waals surface area contributed by atoms with Crippen LogP contribution in [0.25, 0.3) is 0 Å². The average Bonchev–Trinajstić information content (AvgIpc) is 2.47. The number of anilines is 1. The second-order valence-corrected chi connectivity index (χ2v) is 6.19. The van der Waals surface area contributed by atoms with Crippen molar-refractivity contribution in [2.75, 3.05) is 26.6 Å². The molecule has 0 aliphatic carbocycles. The third kappa shape index (κ3) is 4.26. The molecule has 1 heterocycles. The normalized spacial score (nSPS) is 13.7. The van der Waals surface area contributed by atoms with E-state index in [0.717, 1.165) is 33.6 Å². The number of carbonyl (C=O) groups excluding carboxylic acids is 1. The smallest absolute Gasteiger partial charge is 0.360 e. The molecule has 1 amide bonds. The fraction of sp³-hybridized carbons (Fsp3) is 0.455. The van der Waals surface area contributed by atoms with Crippen LogP contribution >= 0.6 is 7.60 Å². The third-order valence-electron chi connectivity index (χ3n) is 2.58. The summed E-state index contributed by atoms with van der Waals surface area (Å²) >= 11 is 0. The van der Waals surface area contributed by atoms with E-state index in [2.05, 4.69) is 19.3 Å². The molecule has 1 aromatic heterocycles. The van der Waals surface area contributed by atoms with Crippen molar-refractivity contribution in [1.29, 1.82) is 0 Å². The molecular weight excluding hydrogens is 328 g/mol. The van der Waals surface area contributed by atoms with Gasteiger partial charge in [-0.15, -0.1) is 0 Å². The summed E-state index contributed by atoms with van der Waals surface area (Å²) < 4.78 is 63.8. The zero-order valence-electron chi connectivity index (χ0n) is 11.9. The Kier molecular flexibility index (Phi) is 6.07. The van der Waals surface area contributed by atoms with Gasteiger partial charge in [-0.2, -0.15) is 13.2 Å². The Labute approximate surface area is 124 Å². The summed E-state index contributed by atoms with van der Waals surface area (Å²) in [5.74, 6) is -3.04. The molecule has 1 aromatic rings. The largest absolute Gasteiger partial charge is 0.416 e. The minimum absolute atomic E-state index is 0.374. The van der Waals surface area contributed by atoms with Gasteiger partial charge >= 0.3 is 13.8 Å². The van der Waals surface area contributed by atoms with Crippen LogP contribution in [0.3, 0.4) is 0 Å². The van der Waals surface area contributed by atoms with Gasteiger partial charge in [-0.1, -0.05) is 0 Å². The molecule has 0 saturated heterocycles. The molecule has 0 bridgehead atoms. The molecule has 0 spiro atoms. The van der Waals surface area contributed by atoms with Crippen molar-refractivity contribution in [3.63, 3.8) is 0 Å². The summed E-state index contributed by atoms with van der Waals surface area (Å²) in [6.45, 7) is 0. The molecule has 124 valence electrons. The quantitative estimate of drug-likeness (QED) is 0.800. The number of rotatable bonds is 6. The van der Waals surface area contributed by atoms with E-state index in [0.29, 0.717) is 6.07 Å². The van der Waals surface area contributed by atoms with Gasteiger partial charge in [0.15, 0.2) is 0 Å². The van der Waals surface area contributed by atoms with Crippen molar-refractivity contribution in [1.82, 2.24) is 4.98 Å². The van der Waals surface area contributed by atoms with Crippen LogP contribution in [0.15, 0.2) is 18.3 Å². The number of nitrogens with zero attached hydrogens (tertiary/aromatic N) is 1. The van der Waals surface area contributed by atoms with E-state index < -0.39 is 31.1 Å². The minimum Gasteiger partial charge on any atom is -0.360 e. The Hall–Kier alpha value is -1.48. The average molecular weight is 342 g/mol. The first-order valence-corrected chi connectivity index (χ1v) is 7.37. The fourth-order valence-corrected chi connectivity index (χ4v) is 2.65. The predicted octanol–water partition coefficient (Wildman–Crippen LogP) is 2.50. The lowest BCUT2D eigenvalue weighted by Gasteiger charge is -2.22. The number of methoxy groups -OCH3 is 1. The highest BCUT2D eigenvalue weighted by Gasteiger charge is 2.40. The second kappa shape index (κ2) is 7.19. The molecule has 11 heteroatoms. The summed E-state index contributed by atoms with van der Waals surface area (Å²) in [4.78, 5) is 15.6. The molecule has 1 N–H and O–H groups in total. The van der Waals surface area contributed by atoms with Crippen LogP contribution in [-0.4, -0.2) is 38.1 Å². The van der Waals surface area contributed by atoms with E-state index in [-0.39, 0.29) is 5.82 Å². The monoisotopic (exact) mass is 342 g/mol. The molecule has 0 aliphatic rings. The van der Waals surface area contributed by atoms with E-state index >= 15 is 0 Å². The first-order chi connectivity index (χ1) is 10.2. The number of carbonyl (C=O) groups is 1. The number of halogens is 3. The zero-order chi connectivity index (χ0) is 17.0. The summed E-state index contributed by atoms with van der Waals surface area (Å²) in [5, 5.41) is 2.07. The van der Waals surface area contributed by atoms with Crippen LogP contribution in [0.5, 0.6) is 0 Å². The third-order valence-corrected chi connectivity index (χ3v) is 4.62. The Morgan fingerprint density at radius 3 is 2.36 bits per heavy atom. The number of pyridine rings is 1. The van der Waals surface area contributed by atoms with E-state index in [9.17, 15) is 22.5 Å². The topological polar surface area (TPSA) is 86.8 Å². The SMILES string of the molecule is COC(C(=O)Nc1cc(C(F)(F)F)ccn1)P(=O)(OC)OC. The number of alkyl halides is 3. The number of ether oxygens (including phenoxy) is 1. The summed E-state index contributed by atoms with van der Waals surface area (Å²) in [5.41, 5.74) is -0.992. The van der Waals surface area contributed by atoms with E-state index in [4.69, 9.17) is 4.74 Å². The van der Waals surface area contributed by atoms with Crippen LogP contribution in [0.1, 0.15) is 5.56 Å². The molecule has 22 heavy (non-hydrogen) atoms. The van der Waals surface area contributed by atoms with Gasteiger partial charge in [-0.05, 0) is 12.1 Å². The number of amides is 1. The predicted molar refractivity (Wildman–Crippen MR) is 70.3 cm³/mol. The Morgan fingerprint density at radius 2 is 1.91 bits per heavy atom. The molecule has 1 unspecified atom stereocenters. The lowest BCUT2D eigenvalue weighted by Crippen LogP contribution is -2.31. The number of nitrogens with one attached hydrogen (secondary N) is 1. The zero-order valence-corrected chi connectivity index (χ0v) is 12.8. The van der Waals surface area contributed by atoms with Crippen LogP contribution in [0.2, 0.25) is 0 Å². The molecule has 0 aromatic carbocycles. The Balaban J connectivity index is 2.99. The van der Waals surface area contributed by atoms with Gasteiger partial charge in [0.1, 0.15) is 5.82 Å². The van der Waals surface area contributed by atoms with Gasteiger partial charge in [-0.3, -0.25) is 9.36 Å². The van der Waals surface area contributed by atoms with Crippen molar-refractivity contribution >= 4 is 19.3 Å². The van der Waals surface area contributed by atoms with Crippen molar-refractivity contribution in [3.8, 4) is 0 Å². The van der Waals surface area contributed by atoms with Crippen molar-refractivity contribution in [2.45, 2.75) is 12.0 Å². The maximum Gasteiger partial charge on any atom is 0.416 e. The highest BCUT2D eigenvalue weighted by molar-refractivity contribution is 7.55. The molecule has 0 fully saturated rings. The lowest BCUT2D eigenvalue weighted by molar-refractivity contribution is -0.137. The van der Waals surface area contributed by atoms with Crippen molar-refractivity contribution in [2.24, 2.45) is 0 Å². The first kappa shape index (κ1) is 18.6. The number of hydrogen-bond donors (Lipinski definition) is 1. The maximum absolute atomic E-state index is 12.6. The van der Waals surface area contributed by atoms with Crippen molar-refractivity contribution < 1.29 is 36.3 Å². The maximum atomic E-state index is 12.6. The van der Waals surface area contributed by atoms with Gasteiger partial charge in [-0.25, -0.2) is 4.98 Å².